The number of hydrogen-bond donors (Lipinski definition) is 1. The van der Waals surface area contributed by atoms with Gasteiger partial charge in [-0.1, -0.05) is 38.3 Å². The monoisotopic (exact) mass is 266 g/mol. The van der Waals surface area contributed by atoms with E-state index in [2.05, 4.69) is 24.1 Å². The summed E-state index contributed by atoms with van der Waals surface area (Å²) in [7, 11) is 0. The van der Waals surface area contributed by atoms with E-state index in [9.17, 15) is 4.79 Å². The van der Waals surface area contributed by atoms with Crippen LogP contribution in [0.25, 0.3) is 0 Å². The smallest absolute Gasteiger partial charge is 0.251 e. The Bertz CT molecular complexity index is 436. The summed E-state index contributed by atoms with van der Waals surface area (Å²) < 4.78 is 0. The molecule has 0 radical (unpaired) electrons. The second-order valence-electron chi connectivity index (χ2n) is 5.21. The van der Waals surface area contributed by atoms with Gasteiger partial charge in [0.2, 0.25) is 0 Å². The number of pyridine rings is 1. The third kappa shape index (κ3) is 3.02. The molecule has 1 amide bonds. The standard InChI is InChI=1S/C14H19ClN2O/c1-9-4-3-5-12(10(9)2)17-14(18)11-6-7-16-13(15)8-11/h6-10,12H,3-5H2,1-2H3,(H,17,18)/t9-,10-,12+/m1/s1. The van der Waals surface area contributed by atoms with E-state index in [4.69, 9.17) is 11.6 Å². The number of aromatic nitrogens is 1. The zero-order chi connectivity index (χ0) is 13.1. The number of amides is 1. The fraction of sp³-hybridized carbons (Fsp3) is 0.571. The third-order valence-corrected chi connectivity index (χ3v) is 4.22. The first kappa shape index (κ1) is 13.3. The van der Waals surface area contributed by atoms with Crippen molar-refractivity contribution in [3.8, 4) is 0 Å². The lowest BCUT2D eigenvalue weighted by Crippen LogP contribution is -2.43. The summed E-state index contributed by atoms with van der Waals surface area (Å²) in [6, 6.07) is 3.57. The Labute approximate surface area is 113 Å². The van der Waals surface area contributed by atoms with E-state index in [-0.39, 0.29) is 11.9 Å². The first-order chi connectivity index (χ1) is 8.58. The summed E-state index contributed by atoms with van der Waals surface area (Å²) in [5, 5.41) is 3.47. The molecule has 2 rings (SSSR count). The second kappa shape index (κ2) is 5.70. The maximum absolute atomic E-state index is 12.1. The molecule has 1 aromatic heterocycles. The molecule has 1 aliphatic rings. The first-order valence-electron chi connectivity index (χ1n) is 6.50. The summed E-state index contributed by atoms with van der Waals surface area (Å²) in [5.41, 5.74) is 0.584. The van der Waals surface area contributed by atoms with Crippen molar-refractivity contribution in [2.75, 3.05) is 0 Å². The molecule has 0 aromatic carbocycles. The Balaban J connectivity index is 2.03. The van der Waals surface area contributed by atoms with Crippen LogP contribution in [0.4, 0.5) is 0 Å². The quantitative estimate of drug-likeness (QED) is 0.835. The topological polar surface area (TPSA) is 42.0 Å². The number of nitrogens with zero attached hydrogens (tertiary/aromatic N) is 1. The van der Waals surface area contributed by atoms with Crippen LogP contribution in [0.15, 0.2) is 18.3 Å². The lowest BCUT2D eigenvalue weighted by Gasteiger charge is -2.34. The zero-order valence-electron chi connectivity index (χ0n) is 10.8. The Morgan fingerprint density at radius 3 is 2.94 bits per heavy atom. The second-order valence-corrected chi connectivity index (χ2v) is 5.60. The van der Waals surface area contributed by atoms with Gasteiger partial charge in [0.15, 0.2) is 0 Å². The van der Waals surface area contributed by atoms with Crippen LogP contribution >= 0.6 is 11.6 Å². The summed E-state index contributed by atoms with van der Waals surface area (Å²) in [6.45, 7) is 4.47. The van der Waals surface area contributed by atoms with Crippen molar-refractivity contribution in [1.29, 1.82) is 0 Å². The highest BCUT2D eigenvalue weighted by atomic mass is 35.5. The number of carbonyl (C=O) groups is 1. The average Bonchev–Trinajstić information content (AvgIpc) is 2.35. The number of hydrogen-bond acceptors (Lipinski definition) is 2. The van der Waals surface area contributed by atoms with E-state index >= 15 is 0 Å². The number of carbonyl (C=O) groups excluding carboxylic acids is 1. The molecule has 1 aromatic rings. The van der Waals surface area contributed by atoms with Crippen molar-refractivity contribution in [2.45, 2.75) is 39.2 Å². The molecule has 0 unspecified atom stereocenters. The van der Waals surface area contributed by atoms with E-state index in [1.807, 2.05) is 0 Å². The maximum Gasteiger partial charge on any atom is 0.251 e. The molecule has 0 bridgehead atoms. The molecule has 0 aliphatic heterocycles. The van der Waals surface area contributed by atoms with Crippen LogP contribution in [0.3, 0.4) is 0 Å². The minimum absolute atomic E-state index is 0.0507. The van der Waals surface area contributed by atoms with Crippen LogP contribution in [0, 0.1) is 11.8 Å². The molecule has 1 aliphatic carbocycles. The molecule has 1 N–H and O–H groups in total. The molecule has 4 heteroatoms. The predicted octanol–water partition coefficient (Wildman–Crippen LogP) is 3.29. The maximum atomic E-state index is 12.1. The van der Waals surface area contributed by atoms with Gasteiger partial charge in [-0.3, -0.25) is 4.79 Å². The lowest BCUT2D eigenvalue weighted by molar-refractivity contribution is 0.0891. The van der Waals surface area contributed by atoms with Gasteiger partial charge in [-0.2, -0.15) is 0 Å². The van der Waals surface area contributed by atoms with Gasteiger partial charge < -0.3 is 5.32 Å². The Hall–Kier alpha value is -1.09. The highest BCUT2D eigenvalue weighted by molar-refractivity contribution is 6.29. The molecule has 0 spiro atoms. The van der Waals surface area contributed by atoms with Crippen molar-refractivity contribution in [3.05, 3.63) is 29.0 Å². The Morgan fingerprint density at radius 1 is 1.44 bits per heavy atom. The Kier molecular flexibility index (Phi) is 4.23. The molecular weight excluding hydrogens is 248 g/mol. The lowest BCUT2D eigenvalue weighted by atomic mass is 9.78. The summed E-state index contributed by atoms with van der Waals surface area (Å²) >= 11 is 5.79. The van der Waals surface area contributed by atoms with Gasteiger partial charge in [-0.25, -0.2) is 4.98 Å². The van der Waals surface area contributed by atoms with Gasteiger partial charge in [-0.15, -0.1) is 0 Å². The van der Waals surface area contributed by atoms with Crippen LogP contribution in [0.2, 0.25) is 5.15 Å². The summed E-state index contributed by atoms with van der Waals surface area (Å²) in [5.74, 6) is 1.15. The molecule has 98 valence electrons. The van der Waals surface area contributed by atoms with Gasteiger partial charge >= 0.3 is 0 Å². The fourth-order valence-corrected chi connectivity index (χ4v) is 2.76. The predicted molar refractivity (Wildman–Crippen MR) is 72.7 cm³/mol. The van der Waals surface area contributed by atoms with E-state index in [1.165, 1.54) is 12.8 Å². The van der Waals surface area contributed by atoms with E-state index in [0.717, 1.165) is 6.42 Å². The fourth-order valence-electron chi connectivity index (χ4n) is 2.58. The molecule has 1 heterocycles. The number of halogens is 1. The number of nitrogens with one attached hydrogen (secondary N) is 1. The molecule has 18 heavy (non-hydrogen) atoms. The highest BCUT2D eigenvalue weighted by Crippen LogP contribution is 2.29. The van der Waals surface area contributed by atoms with Crippen molar-refractivity contribution < 1.29 is 4.79 Å². The van der Waals surface area contributed by atoms with E-state index in [0.29, 0.717) is 22.6 Å². The molecule has 1 saturated carbocycles. The van der Waals surface area contributed by atoms with Crippen LogP contribution in [0.1, 0.15) is 43.5 Å². The van der Waals surface area contributed by atoms with Crippen LogP contribution in [0.5, 0.6) is 0 Å². The minimum atomic E-state index is -0.0507. The van der Waals surface area contributed by atoms with Gasteiger partial charge in [0, 0.05) is 17.8 Å². The summed E-state index contributed by atoms with van der Waals surface area (Å²) in [6.07, 6.45) is 5.07. The largest absolute Gasteiger partial charge is 0.349 e. The first-order valence-corrected chi connectivity index (χ1v) is 6.88. The average molecular weight is 267 g/mol. The summed E-state index contributed by atoms with van der Waals surface area (Å²) in [4.78, 5) is 16.0. The van der Waals surface area contributed by atoms with Gasteiger partial charge in [0.05, 0.1) is 0 Å². The van der Waals surface area contributed by atoms with Gasteiger partial charge in [-0.05, 0) is 30.4 Å². The Morgan fingerprint density at radius 2 is 2.22 bits per heavy atom. The highest BCUT2D eigenvalue weighted by Gasteiger charge is 2.28. The minimum Gasteiger partial charge on any atom is -0.349 e. The molecular formula is C14H19ClN2O. The van der Waals surface area contributed by atoms with Crippen LogP contribution in [-0.4, -0.2) is 16.9 Å². The third-order valence-electron chi connectivity index (χ3n) is 4.01. The molecule has 1 fully saturated rings. The van der Waals surface area contributed by atoms with Crippen LogP contribution in [-0.2, 0) is 0 Å². The van der Waals surface area contributed by atoms with Gasteiger partial charge in [0.25, 0.3) is 5.91 Å². The molecule has 0 saturated heterocycles. The van der Waals surface area contributed by atoms with Crippen molar-refractivity contribution in [1.82, 2.24) is 10.3 Å². The van der Waals surface area contributed by atoms with Crippen molar-refractivity contribution in [2.24, 2.45) is 11.8 Å². The van der Waals surface area contributed by atoms with Crippen molar-refractivity contribution in [3.63, 3.8) is 0 Å². The molecule has 3 atom stereocenters. The van der Waals surface area contributed by atoms with Crippen molar-refractivity contribution >= 4 is 17.5 Å². The van der Waals surface area contributed by atoms with Crippen LogP contribution < -0.4 is 5.32 Å². The van der Waals surface area contributed by atoms with E-state index in [1.54, 1.807) is 18.3 Å². The van der Waals surface area contributed by atoms with Gasteiger partial charge in [0.1, 0.15) is 5.15 Å². The molecule has 3 nitrogen and oxygen atoms in total. The zero-order valence-corrected chi connectivity index (χ0v) is 11.6. The SMILES string of the molecule is C[C@@H]1[C@H](C)CCC[C@@H]1NC(=O)c1ccnc(Cl)c1. The number of rotatable bonds is 2. The van der Waals surface area contributed by atoms with E-state index < -0.39 is 0 Å². The normalized spacial score (nSPS) is 27.8.